The lowest BCUT2D eigenvalue weighted by atomic mass is 10.0. The number of rotatable bonds is 16. The maximum atomic E-state index is 5.75. The molecule has 0 heterocycles. The lowest BCUT2D eigenvalue weighted by molar-refractivity contribution is 0.0895. The van der Waals surface area contributed by atoms with Gasteiger partial charge in [0.2, 0.25) is 0 Å². The van der Waals surface area contributed by atoms with E-state index in [1.807, 2.05) is 12.1 Å². The SMILES string of the molecule is C=C(OCCOCCCC)c1ccc2ccc(C(=C)OCCOCCCC)cc2c1. The quantitative estimate of drug-likeness (QED) is 0.235. The van der Waals surface area contributed by atoms with Crippen molar-refractivity contribution in [1.29, 1.82) is 0 Å². The molecule has 0 saturated heterocycles. The molecule has 0 bridgehead atoms. The van der Waals surface area contributed by atoms with Crippen LogP contribution in [0.25, 0.3) is 22.3 Å². The maximum absolute atomic E-state index is 5.75. The maximum Gasteiger partial charge on any atom is 0.119 e. The number of ether oxygens (including phenoxy) is 4. The molecule has 4 heteroatoms. The third-order valence-corrected chi connectivity index (χ3v) is 4.78. The largest absolute Gasteiger partial charge is 0.491 e. The van der Waals surface area contributed by atoms with E-state index in [1.54, 1.807) is 0 Å². The van der Waals surface area contributed by atoms with Gasteiger partial charge in [0.05, 0.1) is 13.2 Å². The first kappa shape index (κ1) is 24.0. The first-order valence-corrected chi connectivity index (χ1v) is 11.0. The second-order valence-corrected chi connectivity index (χ2v) is 7.25. The first-order chi connectivity index (χ1) is 14.7. The third kappa shape index (κ3) is 8.21. The number of fused-ring (bicyclic) bond motifs is 1. The van der Waals surface area contributed by atoms with Crippen molar-refractivity contribution in [3.8, 4) is 0 Å². The number of hydrogen-bond donors (Lipinski definition) is 0. The van der Waals surface area contributed by atoms with E-state index >= 15 is 0 Å². The molecule has 0 aliphatic carbocycles. The standard InChI is InChI=1S/C26H36O4/c1-5-7-13-27-15-17-29-21(3)24-11-9-23-10-12-25(20-26(23)19-24)22(4)30-18-16-28-14-8-6-2/h9-12,19-20H,3-8,13-18H2,1-2H3. The molecule has 0 aromatic heterocycles. The summed E-state index contributed by atoms with van der Waals surface area (Å²) in [7, 11) is 0. The van der Waals surface area contributed by atoms with Gasteiger partial charge in [-0.15, -0.1) is 0 Å². The summed E-state index contributed by atoms with van der Waals surface area (Å²) < 4.78 is 22.6. The van der Waals surface area contributed by atoms with Gasteiger partial charge in [-0.3, -0.25) is 0 Å². The Hall–Kier alpha value is -2.30. The van der Waals surface area contributed by atoms with Gasteiger partial charge >= 0.3 is 0 Å². The van der Waals surface area contributed by atoms with E-state index in [1.165, 1.54) is 0 Å². The molecule has 4 nitrogen and oxygen atoms in total. The van der Waals surface area contributed by atoms with E-state index in [2.05, 4.69) is 51.3 Å². The summed E-state index contributed by atoms with van der Waals surface area (Å²) in [4.78, 5) is 0. The second kappa shape index (κ2) is 13.8. The van der Waals surface area contributed by atoms with Gasteiger partial charge in [-0.25, -0.2) is 0 Å². The van der Waals surface area contributed by atoms with Crippen LogP contribution >= 0.6 is 0 Å². The molecule has 30 heavy (non-hydrogen) atoms. The van der Waals surface area contributed by atoms with Crippen LogP contribution in [0.2, 0.25) is 0 Å². The van der Waals surface area contributed by atoms with Gasteiger partial charge in [-0.1, -0.05) is 64.1 Å². The molecule has 0 atom stereocenters. The third-order valence-electron chi connectivity index (χ3n) is 4.78. The molecule has 2 rings (SSSR count). The topological polar surface area (TPSA) is 36.9 Å². The fourth-order valence-corrected chi connectivity index (χ4v) is 2.90. The van der Waals surface area contributed by atoms with Gasteiger partial charge in [0.1, 0.15) is 24.7 Å². The monoisotopic (exact) mass is 412 g/mol. The van der Waals surface area contributed by atoms with Crippen molar-refractivity contribution >= 4 is 22.3 Å². The zero-order valence-electron chi connectivity index (χ0n) is 18.6. The van der Waals surface area contributed by atoms with E-state index in [9.17, 15) is 0 Å². The summed E-state index contributed by atoms with van der Waals surface area (Å²) in [6.07, 6.45) is 4.43. The minimum absolute atomic E-state index is 0.506. The molecule has 0 aliphatic rings. The van der Waals surface area contributed by atoms with Crippen LogP contribution in [0.4, 0.5) is 0 Å². The zero-order valence-corrected chi connectivity index (χ0v) is 18.6. The highest BCUT2D eigenvalue weighted by Gasteiger charge is 2.06. The normalized spacial score (nSPS) is 10.9. The van der Waals surface area contributed by atoms with Crippen LogP contribution in [-0.2, 0) is 18.9 Å². The number of hydrogen-bond acceptors (Lipinski definition) is 4. The van der Waals surface area contributed by atoms with Gasteiger partial charge in [0.15, 0.2) is 0 Å². The van der Waals surface area contributed by atoms with E-state index in [4.69, 9.17) is 18.9 Å². The molecular formula is C26H36O4. The second-order valence-electron chi connectivity index (χ2n) is 7.25. The number of benzene rings is 2. The first-order valence-electron chi connectivity index (χ1n) is 11.0. The van der Waals surface area contributed by atoms with E-state index in [0.29, 0.717) is 37.9 Å². The highest BCUT2D eigenvalue weighted by Crippen LogP contribution is 2.25. The van der Waals surface area contributed by atoms with Crippen molar-refractivity contribution in [3.63, 3.8) is 0 Å². The number of unbranched alkanes of at least 4 members (excludes halogenated alkanes) is 2. The Labute approximate surface area is 181 Å². The van der Waals surface area contributed by atoms with Crippen LogP contribution in [0, 0.1) is 0 Å². The smallest absolute Gasteiger partial charge is 0.119 e. The minimum Gasteiger partial charge on any atom is -0.491 e. The molecule has 0 fully saturated rings. The van der Waals surface area contributed by atoms with Crippen molar-refractivity contribution in [2.24, 2.45) is 0 Å². The summed E-state index contributed by atoms with van der Waals surface area (Å²) in [6, 6.07) is 12.4. The van der Waals surface area contributed by atoms with Gasteiger partial charge in [-0.2, -0.15) is 0 Å². The van der Waals surface area contributed by atoms with E-state index < -0.39 is 0 Å². The molecule has 0 aliphatic heterocycles. The molecule has 0 unspecified atom stereocenters. The van der Waals surface area contributed by atoms with Crippen molar-refractivity contribution in [2.45, 2.75) is 39.5 Å². The molecule has 0 N–H and O–H groups in total. The van der Waals surface area contributed by atoms with Crippen LogP contribution in [0.5, 0.6) is 0 Å². The van der Waals surface area contributed by atoms with Gasteiger partial charge < -0.3 is 18.9 Å². The summed E-state index contributed by atoms with van der Waals surface area (Å²) in [5.41, 5.74) is 1.92. The van der Waals surface area contributed by atoms with Crippen LogP contribution in [0.3, 0.4) is 0 Å². The lowest BCUT2D eigenvalue weighted by Crippen LogP contribution is -2.04. The van der Waals surface area contributed by atoms with Gasteiger partial charge in [-0.05, 0) is 35.7 Å². The average molecular weight is 413 g/mol. The Morgan fingerprint density at radius 1 is 0.633 bits per heavy atom. The minimum atomic E-state index is 0.506. The molecule has 0 radical (unpaired) electrons. The van der Waals surface area contributed by atoms with Crippen LogP contribution < -0.4 is 0 Å². The molecule has 0 saturated carbocycles. The fourth-order valence-electron chi connectivity index (χ4n) is 2.90. The van der Waals surface area contributed by atoms with Crippen LogP contribution in [0.1, 0.15) is 50.7 Å². The van der Waals surface area contributed by atoms with Crippen molar-refractivity contribution in [2.75, 3.05) is 39.6 Å². The van der Waals surface area contributed by atoms with E-state index in [-0.39, 0.29) is 0 Å². The summed E-state index contributed by atoms with van der Waals surface area (Å²) >= 11 is 0. The van der Waals surface area contributed by atoms with Gasteiger partial charge in [0.25, 0.3) is 0 Å². The molecule has 0 amide bonds. The molecule has 2 aromatic carbocycles. The molecular weight excluding hydrogens is 376 g/mol. The lowest BCUT2D eigenvalue weighted by Gasteiger charge is -2.12. The Morgan fingerprint density at radius 3 is 1.53 bits per heavy atom. The fraction of sp³-hybridized carbons (Fsp3) is 0.462. The summed E-state index contributed by atoms with van der Waals surface area (Å²) in [5, 5.41) is 2.24. The molecule has 164 valence electrons. The highest BCUT2D eigenvalue weighted by molar-refractivity contribution is 5.88. The predicted molar refractivity (Wildman–Crippen MR) is 125 cm³/mol. The van der Waals surface area contributed by atoms with Gasteiger partial charge in [0, 0.05) is 24.3 Å². The van der Waals surface area contributed by atoms with Crippen LogP contribution in [0.15, 0.2) is 49.6 Å². The van der Waals surface area contributed by atoms with Crippen molar-refractivity contribution < 1.29 is 18.9 Å². The van der Waals surface area contributed by atoms with Crippen molar-refractivity contribution in [1.82, 2.24) is 0 Å². The average Bonchev–Trinajstić information content (AvgIpc) is 2.77. The molecule has 0 spiro atoms. The Morgan fingerprint density at radius 2 is 1.10 bits per heavy atom. The Bertz CT molecular complexity index is 734. The summed E-state index contributed by atoms with van der Waals surface area (Å²) in [6.45, 7) is 16.2. The Balaban J connectivity index is 1.88. The summed E-state index contributed by atoms with van der Waals surface area (Å²) in [5.74, 6) is 1.31. The van der Waals surface area contributed by atoms with E-state index in [0.717, 1.165) is 60.8 Å². The van der Waals surface area contributed by atoms with Crippen LogP contribution in [-0.4, -0.2) is 39.6 Å². The Kier molecular flexibility index (Phi) is 11.1. The van der Waals surface area contributed by atoms with Crippen molar-refractivity contribution in [3.05, 3.63) is 60.7 Å². The molecule has 2 aromatic rings. The predicted octanol–water partition coefficient (Wildman–Crippen LogP) is 6.45. The highest BCUT2D eigenvalue weighted by atomic mass is 16.5. The zero-order chi connectivity index (χ0) is 21.6.